The summed E-state index contributed by atoms with van der Waals surface area (Å²) < 4.78 is 34.2. The predicted molar refractivity (Wildman–Crippen MR) is 120 cm³/mol. The van der Waals surface area contributed by atoms with E-state index in [1.54, 1.807) is 0 Å². The van der Waals surface area contributed by atoms with Gasteiger partial charge in [-0.1, -0.05) is 39.0 Å². The Bertz CT molecular complexity index is 498. The Morgan fingerprint density at radius 2 is 1.55 bits per heavy atom. The first kappa shape index (κ1) is 30.5. The van der Waals surface area contributed by atoms with E-state index in [1.807, 2.05) is 21.1 Å². The molecule has 10 heteroatoms. The highest BCUT2D eigenvalue weighted by Gasteiger charge is 2.25. The second kappa shape index (κ2) is 18.0. The van der Waals surface area contributed by atoms with Crippen molar-refractivity contribution in [2.24, 2.45) is 0 Å². The van der Waals surface area contributed by atoms with E-state index in [9.17, 15) is 14.3 Å². The molecular formula is C21H45NO8P+. The largest absolute Gasteiger partial charge is 0.481 e. The van der Waals surface area contributed by atoms with Crippen molar-refractivity contribution in [1.29, 1.82) is 0 Å². The molecule has 0 amide bonds. The maximum Gasteiger partial charge on any atom is 0.472 e. The van der Waals surface area contributed by atoms with Crippen LogP contribution in [0, 0.1) is 0 Å². The first-order valence-electron chi connectivity index (χ1n) is 11.4. The zero-order chi connectivity index (χ0) is 23.6. The van der Waals surface area contributed by atoms with Gasteiger partial charge in [0, 0.05) is 19.6 Å². The van der Waals surface area contributed by atoms with Crippen molar-refractivity contribution < 1.29 is 42.4 Å². The Hall–Kier alpha value is -0.540. The average molecular weight is 471 g/mol. The average Bonchev–Trinajstić information content (AvgIpc) is 2.65. The van der Waals surface area contributed by atoms with Crippen LogP contribution in [0.25, 0.3) is 0 Å². The van der Waals surface area contributed by atoms with Gasteiger partial charge in [0.1, 0.15) is 19.3 Å². The molecule has 2 atom stereocenters. The smallest absolute Gasteiger partial charge is 0.472 e. The Balaban J connectivity index is 4.28. The number of hydrogen-bond acceptors (Lipinski definition) is 6. The monoisotopic (exact) mass is 470 g/mol. The molecule has 0 spiro atoms. The van der Waals surface area contributed by atoms with Crippen molar-refractivity contribution in [3.8, 4) is 0 Å². The van der Waals surface area contributed by atoms with Crippen molar-refractivity contribution in [1.82, 2.24) is 0 Å². The first-order chi connectivity index (χ1) is 14.6. The minimum atomic E-state index is -4.17. The number of phosphoric ester groups is 1. The van der Waals surface area contributed by atoms with Crippen LogP contribution in [0.2, 0.25) is 0 Å². The summed E-state index contributed by atoms with van der Waals surface area (Å²) in [6.45, 7) is 3.90. The van der Waals surface area contributed by atoms with Gasteiger partial charge in [0.2, 0.25) is 0 Å². The highest BCUT2D eigenvalue weighted by molar-refractivity contribution is 7.47. The van der Waals surface area contributed by atoms with Gasteiger partial charge in [0.15, 0.2) is 0 Å². The molecule has 0 heterocycles. The van der Waals surface area contributed by atoms with Crippen molar-refractivity contribution in [2.75, 3.05) is 60.7 Å². The number of quaternary nitrogens is 1. The summed E-state index contributed by atoms with van der Waals surface area (Å²) in [6, 6.07) is 0. The van der Waals surface area contributed by atoms with E-state index in [4.69, 9.17) is 23.6 Å². The van der Waals surface area contributed by atoms with E-state index < -0.39 is 19.9 Å². The van der Waals surface area contributed by atoms with Crippen molar-refractivity contribution in [3.05, 3.63) is 0 Å². The zero-order valence-electron chi connectivity index (χ0n) is 19.9. The fourth-order valence-electron chi connectivity index (χ4n) is 2.62. The van der Waals surface area contributed by atoms with E-state index >= 15 is 0 Å². The van der Waals surface area contributed by atoms with Crippen LogP contribution in [0.15, 0.2) is 0 Å². The second-order valence-electron chi connectivity index (χ2n) is 8.80. The van der Waals surface area contributed by atoms with Crippen LogP contribution in [0.3, 0.4) is 0 Å². The van der Waals surface area contributed by atoms with Crippen LogP contribution >= 0.6 is 7.82 Å². The number of unbranched alkanes of at least 4 members (excludes halogenated alkanes) is 6. The molecule has 31 heavy (non-hydrogen) atoms. The standard InChI is InChI=1S/C21H44NO8P/c1-5-6-7-8-9-11-15-27-18-20(28-16-12-10-13-21(23)24)19-30-31(25,26)29-17-14-22(2,3)4/h20H,5-19H2,1-4H3,(H-,23,24,25,26)/p+1/t20-/m1/s1. The molecule has 0 aliphatic rings. The predicted octanol–water partition coefficient (Wildman–Crippen LogP) is 3.84. The molecule has 0 aromatic rings. The molecule has 0 aromatic heterocycles. The van der Waals surface area contributed by atoms with Gasteiger partial charge in [-0.3, -0.25) is 13.8 Å². The van der Waals surface area contributed by atoms with Crippen LogP contribution in [0.4, 0.5) is 0 Å². The van der Waals surface area contributed by atoms with Crippen molar-refractivity contribution in [2.45, 2.75) is 70.8 Å². The van der Waals surface area contributed by atoms with E-state index in [0.717, 1.165) is 12.8 Å². The van der Waals surface area contributed by atoms with E-state index in [2.05, 4.69) is 6.92 Å². The maximum absolute atomic E-state index is 12.1. The molecule has 0 rings (SSSR count). The van der Waals surface area contributed by atoms with Gasteiger partial charge in [0.25, 0.3) is 0 Å². The van der Waals surface area contributed by atoms with Gasteiger partial charge in [-0.2, -0.15) is 0 Å². The third-order valence-electron chi connectivity index (χ3n) is 4.52. The number of carboxylic acids is 1. The Labute approximate surface area is 188 Å². The quantitative estimate of drug-likeness (QED) is 0.139. The normalized spacial score (nSPS) is 15.0. The van der Waals surface area contributed by atoms with Gasteiger partial charge in [-0.05, 0) is 19.3 Å². The molecular weight excluding hydrogens is 425 g/mol. The summed E-state index contributed by atoms with van der Waals surface area (Å²) >= 11 is 0. The molecule has 0 aliphatic carbocycles. The first-order valence-corrected chi connectivity index (χ1v) is 12.9. The van der Waals surface area contributed by atoms with Crippen LogP contribution in [0.5, 0.6) is 0 Å². The molecule has 0 aliphatic heterocycles. The summed E-state index contributed by atoms with van der Waals surface area (Å²) in [7, 11) is 1.71. The van der Waals surface area contributed by atoms with Crippen molar-refractivity contribution >= 4 is 13.8 Å². The third kappa shape index (κ3) is 22.4. The molecule has 0 radical (unpaired) electrons. The number of likely N-dealkylation sites (N-methyl/N-ethyl adjacent to an activating group) is 1. The van der Waals surface area contributed by atoms with Gasteiger partial charge >= 0.3 is 13.8 Å². The number of rotatable bonds is 22. The minimum Gasteiger partial charge on any atom is -0.481 e. The number of aliphatic carboxylic acids is 1. The minimum absolute atomic E-state index is 0.0883. The van der Waals surface area contributed by atoms with Crippen LogP contribution in [0.1, 0.15) is 64.7 Å². The maximum atomic E-state index is 12.1. The summed E-state index contributed by atoms with van der Waals surface area (Å²) in [5.41, 5.74) is 0. The summed E-state index contributed by atoms with van der Waals surface area (Å²) in [6.07, 6.45) is 7.65. The number of carbonyl (C=O) groups is 1. The number of ether oxygens (including phenoxy) is 2. The van der Waals surface area contributed by atoms with Crippen LogP contribution in [-0.2, 0) is 27.9 Å². The van der Waals surface area contributed by atoms with E-state index in [-0.39, 0.29) is 26.2 Å². The van der Waals surface area contributed by atoms with E-state index in [0.29, 0.717) is 37.1 Å². The Morgan fingerprint density at radius 3 is 2.19 bits per heavy atom. The van der Waals surface area contributed by atoms with Crippen molar-refractivity contribution in [3.63, 3.8) is 0 Å². The van der Waals surface area contributed by atoms with Gasteiger partial charge < -0.3 is 24.0 Å². The molecule has 0 aromatic carbocycles. The summed E-state index contributed by atoms with van der Waals surface area (Å²) in [4.78, 5) is 20.5. The van der Waals surface area contributed by atoms with E-state index in [1.165, 1.54) is 25.7 Å². The number of nitrogens with zero attached hydrogens (tertiary/aromatic N) is 1. The van der Waals surface area contributed by atoms with Gasteiger partial charge in [-0.25, -0.2) is 4.57 Å². The lowest BCUT2D eigenvalue weighted by molar-refractivity contribution is -0.870. The Morgan fingerprint density at radius 1 is 0.903 bits per heavy atom. The fraction of sp³-hybridized carbons (Fsp3) is 0.952. The van der Waals surface area contributed by atoms with Crippen LogP contribution in [-0.4, -0.2) is 87.3 Å². The highest BCUT2D eigenvalue weighted by atomic mass is 31.2. The topological polar surface area (TPSA) is 112 Å². The summed E-state index contributed by atoms with van der Waals surface area (Å²) in [5.74, 6) is -0.839. The molecule has 0 bridgehead atoms. The van der Waals surface area contributed by atoms with Gasteiger partial charge in [0.05, 0.1) is 34.4 Å². The molecule has 9 nitrogen and oxygen atoms in total. The third-order valence-corrected chi connectivity index (χ3v) is 5.51. The number of phosphoric acid groups is 1. The molecule has 1 unspecified atom stereocenters. The molecule has 2 N–H and O–H groups in total. The fourth-order valence-corrected chi connectivity index (χ4v) is 3.36. The molecule has 0 saturated carbocycles. The SMILES string of the molecule is CCCCCCCCOC[C@H](COP(=O)(O)OCC[N+](C)(C)C)OCCCCC(=O)O. The lowest BCUT2D eigenvalue weighted by Gasteiger charge is -2.24. The molecule has 186 valence electrons. The lowest BCUT2D eigenvalue weighted by Crippen LogP contribution is -2.37. The second-order valence-corrected chi connectivity index (χ2v) is 10.3. The van der Waals surface area contributed by atoms with Crippen LogP contribution < -0.4 is 0 Å². The zero-order valence-corrected chi connectivity index (χ0v) is 20.8. The summed E-state index contributed by atoms with van der Waals surface area (Å²) in [5, 5.41) is 8.70. The Kier molecular flexibility index (Phi) is 17.6. The molecule has 0 fully saturated rings. The number of carboxylic acid groups (broad SMARTS) is 1. The lowest BCUT2D eigenvalue weighted by atomic mass is 10.1. The van der Waals surface area contributed by atoms with Gasteiger partial charge in [-0.15, -0.1) is 0 Å². The molecule has 0 saturated heterocycles. The highest BCUT2D eigenvalue weighted by Crippen LogP contribution is 2.43. The number of hydrogen-bond donors (Lipinski definition) is 2.